The molecule has 5 heteroatoms. The minimum absolute atomic E-state index is 0.332. The van der Waals surface area contributed by atoms with E-state index in [1.165, 1.54) is 12.1 Å². The van der Waals surface area contributed by atoms with E-state index in [4.69, 9.17) is 0 Å². The Bertz CT molecular complexity index is 647. The fraction of sp³-hybridized carbons (Fsp3) is 0.368. The van der Waals surface area contributed by atoms with Crippen molar-refractivity contribution in [3.05, 3.63) is 71.3 Å². The third-order valence-corrected chi connectivity index (χ3v) is 4.42. The number of nitrogens with zero attached hydrogens (tertiary/aromatic N) is 1. The zero-order chi connectivity index (χ0) is 17.0. The molecule has 1 aliphatic rings. The largest absolute Gasteiger partial charge is 0.416 e. The highest BCUT2D eigenvalue weighted by Gasteiger charge is 2.36. The summed E-state index contributed by atoms with van der Waals surface area (Å²) >= 11 is 0. The lowest BCUT2D eigenvalue weighted by molar-refractivity contribution is -0.138. The number of halogens is 3. The molecule has 24 heavy (non-hydrogen) atoms. The number of rotatable bonds is 3. The lowest BCUT2D eigenvalue weighted by Gasteiger charge is -2.33. The predicted molar refractivity (Wildman–Crippen MR) is 88.8 cm³/mol. The molecule has 1 unspecified atom stereocenters. The minimum atomic E-state index is -4.35. The summed E-state index contributed by atoms with van der Waals surface area (Å²) in [6.45, 7) is 3.20. The molecule has 128 valence electrons. The van der Waals surface area contributed by atoms with Gasteiger partial charge in [-0.05, 0) is 30.2 Å². The molecule has 2 aromatic rings. The van der Waals surface area contributed by atoms with Gasteiger partial charge in [-0.2, -0.15) is 13.2 Å². The van der Waals surface area contributed by atoms with Crippen LogP contribution in [0.15, 0.2) is 54.6 Å². The van der Waals surface area contributed by atoms with Crippen LogP contribution in [0.5, 0.6) is 0 Å². The fourth-order valence-corrected chi connectivity index (χ4v) is 3.34. The van der Waals surface area contributed by atoms with Crippen molar-refractivity contribution in [3.8, 4) is 0 Å². The van der Waals surface area contributed by atoms with Crippen LogP contribution in [0, 0.1) is 0 Å². The van der Waals surface area contributed by atoms with Crippen LogP contribution in [0.25, 0.3) is 0 Å². The maximum atomic E-state index is 13.5. The van der Waals surface area contributed by atoms with Crippen LogP contribution < -0.4 is 5.32 Å². The second kappa shape index (κ2) is 7.36. The van der Waals surface area contributed by atoms with Gasteiger partial charge in [0.25, 0.3) is 0 Å². The van der Waals surface area contributed by atoms with Crippen LogP contribution in [-0.2, 0) is 6.18 Å². The Kier molecular flexibility index (Phi) is 5.21. The van der Waals surface area contributed by atoms with E-state index in [1.54, 1.807) is 12.1 Å². The van der Waals surface area contributed by atoms with E-state index < -0.39 is 11.7 Å². The van der Waals surface area contributed by atoms with Gasteiger partial charge in [0.1, 0.15) is 0 Å². The highest BCUT2D eigenvalue weighted by molar-refractivity contribution is 5.39. The van der Waals surface area contributed by atoms with Gasteiger partial charge in [0.15, 0.2) is 0 Å². The van der Waals surface area contributed by atoms with E-state index in [0.717, 1.165) is 38.2 Å². The van der Waals surface area contributed by atoms with Crippen molar-refractivity contribution in [2.75, 3.05) is 26.2 Å². The lowest BCUT2D eigenvalue weighted by atomic mass is 9.92. The number of hydrogen-bond donors (Lipinski definition) is 1. The Labute approximate surface area is 140 Å². The van der Waals surface area contributed by atoms with Crippen LogP contribution in [0.3, 0.4) is 0 Å². The van der Waals surface area contributed by atoms with Crippen molar-refractivity contribution in [2.45, 2.75) is 18.6 Å². The monoisotopic (exact) mass is 334 g/mol. The first kappa shape index (κ1) is 17.0. The quantitative estimate of drug-likeness (QED) is 0.909. The smallest absolute Gasteiger partial charge is 0.315 e. The van der Waals surface area contributed by atoms with Crippen molar-refractivity contribution in [1.82, 2.24) is 10.2 Å². The molecule has 0 radical (unpaired) electrons. The molecule has 3 rings (SSSR count). The van der Waals surface area contributed by atoms with Gasteiger partial charge in [0.05, 0.1) is 11.6 Å². The molecule has 0 bridgehead atoms. The highest BCUT2D eigenvalue weighted by atomic mass is 19.4. The standard InChI is InChI=1S/C19H21F3N2/c20-19(21,22)17-10-5-4-9-16(17)18(15-7-2-1-3-8-15)24-13-6-11-23-12-14-24/h1-5,7-10,18,23H,6,11-14H2. The maximum Gasteiger partial charge on any atom is 0.416 e. The van der Waals surface area contributed by atoms with Crippen molar-refractivity contribution >= 4 is 0 Å². The van der Waals surface area contributed by atoms with Gasteiger partial charge < -0.3 is 5.32 Å². The molecule has 1 saturated heterocycles. The topological polar surface area (TPSA) is 15.3 Å². The Balaban J connectivity index is 2.08. The fourth-order valence-electron chi connectivity index (χ4n) is 3.34. The summed E-state index contributed by atoms with van der Waals surface area (Å²) in [6.07, 6.45) is -3.43. The van der Waals surface area contributed by atoms with Crippen LogP contribution in [0.2, 0.25) is 0 Å². The first-order valence-corrected chi connectivity index (χ1v) is 8.23. The predicted octanol–water partition coefficient (Wildman–Crippen LogP) is 4.09. The average Bonchev–Trinajstić information content (AvgIpc) is 2.85. The van der Waals surface area contributed by atoms with Crippen molar-refractivity contribution < 1.29 is 13.2 Å². The summed E-state index contributed by atoms with van der Waals surface area (Å²) in [5.41, 5.74) is 0.685. The molecule has 0 saturated carbocycles. The molecule has 0 spiro atoms. The van der Waals surface area contributed by atoms with Crippen LogP contribution >= 0.6 is 0 Å². The van der Waals surface area contributed by atoms with Gasteiger partial charge in [0, 0.05) is 19.6 Å². The highest BCUT2D eigenvalue weighted by Crippen LogP contribution is 2.39. The molecule has 1 atom stereocenters. The summed E-state index contributed by atoms with van der Waals surface area (Å²) in [5.74, 6) is 0. The number of nitrogens with one attached hydrogen (secondary N) is 1. The molecule has 0 aromatic heterocycles. The zero-order valence-corrected chi connectivity index (χ0v) is 13.4. The van der Waals surface area contributed by atoms with Gasteiger partial charge in [-0.3, -0.25) is 4.90 Å². The maximum absolute atomic E-state index is 13.5. The molecule has 2 aromatic carbocycles. The van der Waals surface area contributed by atoms with Crippen LogP contribution in [0.1, 0.15) is 29.2 Å². The zero-order valence-electron chi connectivity index (χ0n) is 13.4. The van der Waals surface area contributed by atoms with Gasteiger partial charge in [0.2, 0.25) is 0 Å². The lowest BCUT2D eigenvalue weighted by Crippen LogP contribution is -2.34. The molecule has 1 fully saturated rings. The Morgan fingerprint density at radius 2 is 1.58 bits per heavy atom. The van der Waals surface area contributed by atoms with Crippen molar-refractivity contribution in [2.24, 2.45) is 0 Å². The minimum Gasteiger partial charge on any atom is -0.315 e. The molecular formula is C19H21F3N2. The van der Waals surface area contributed by atoms with E-state index in [1.807, 2.05) is 30.3 Å². The number of alkyl halides is 3. The first-order chi connectivity index (χ1) is 11.6. The average molecular weight is 334 g/mol. The third-order valence-electron chi connectivity index (χ3n) is 4.42. The van der Waals surface area contributed by atoms with Crippen molar-refractivity contribution in [1.29, 1.82) is 0 Å². The second-order valence-electron chi connectivity index (χ2n) is 6.04. The van der Waals surface area contributed by atoms with Gasteiger partial charge in [-0.15, -0.1) is 0 Å². The number of benzene rings is 2. The molecule has 0 aliphatic carbocycles. The Morgan fingerprint density at radius 3 is 2.33 bits per heavy atom. The van der Waals surface area contributed by atoms with Crippen LogP contribution in [0.4, 0.5) is 13.2 Å². The van der Waals surface area contributed by atoms with Gasteiger partial charge in [-0.1, -0.05) is 48.5 Å². The van der Waals surface area contributed by atoms with E-state index in [9.17, 15) is 13.2 Å². The molecule has 1 heterocycles. The number of hydrogen-bond acceptors (Lipinski definition) is 2. The molecule has 0 amide bonds. The normalized spacial score (nSPS) is 18.1. The molecule has 1 N–H and O–H groups in total. The Hall–Kier alpha value is -1.85. The molecule has 1 aliphatic heterocycles. The van der Waals surface area contributed by atoms with Crippen molar-refractivity contribution in [3.63, 3.8) is 0 Å². The van der Waals surface area contributed by atoms with E-state index in [2.05, 4.69) is 10.2 Å². The first-order valence-electron chi connectivity index (χ1n) is 8.23. The van der Waals surface area contributed by atoms with Crippen LogP contribution in [-0.4, -0.2) is 31.1 Å². The summed E-state index contributed by atoms with van der Waals surface area (Å²) < 4.78 is 40.6. The van der Waals surface area contributed by atoms with E-state index in [-0.39, 0.29) is 6.04 Å². The third kappa shape index (κ3) is 3.79. The Morgan fingerprint density at radius 1 is 0.875 bits per heavy atom. The van der Waals surface area contributed by atoms with E-state index in [0.29, 0.717) is 5.56 Å². The SMILES string of the molecule is FC(F)(F)c1ccccc1C(c1ccccc1)N1CCCNCC1. The van der Waals surface area contributed by atoms with Gasteiger partial charge >= 0.3 is 6.18 Å². The molecule has 2 nitrogen and oxygen atoms in total. The molecular weight excluding hydrogens is 313 g/mol. The second-order valence-corrected chi connectivity index (χ2v) is 6.04. The van der Waals surface area contributed by atoms with E-state index >= 15 is 0 Å². The summed E-state index contributed by atoms with van der Waals surface area (Å²) in [7, 11) is 0. The summed E-state index contributed by atoms with van der Waals surface area (Å²) in [6, 6.07) is 15.0. The summed E-state index contributed by atoms with van der Waals surface area (Å²) in [4.78, 5) is 2.15. The summed E-state index contributed by atoms with van der Waals surface area (Å²) in [5, 5.41) is 3.32. The van der Waals surface area contributed by atoms with Gasteiger partial charge in [-0.25, -0.2) is 0 Å².